The summed E-state index contributed by atoms with van der Waals surface area (Å²) in [5.41, 5.74) is -0.575. The van der Waals surface area contributed by atoms with Gasteiger partial charge in [0, 0.05) is 5.56 Å². The Morgan fingerprint density at radius 2 is 2.00 bits per heavy atom. The van der Waals surface area contributed by atoms with Crippen LogP contribution in [0.5, 0.6) is 0 Å². The van der Waals surface area contributed by atoms with Crippen LogP contribution in [0.1, 0.15) is 22.3 Å². The van der Waals surface area contributed by atoms with E-state index >= 15 is 0 Å². The molecule has 0 radical (unpaired) electrons. The van der Waals surface area contributed by atoms with E-state index in [1.165, 1.54) is 12.1 Å². The van der Waals surface area contributed by atoms with Crippen molar-refractivity contribution < 1.29 is 24.2 Å². The Balaban J connectivity index is 3.12. The van der Waals surface area contributed by atoms with E-state index < -0.39 is 29.7 Å². The summed E-state index contributed by atoms with van der Waals surface area (Å²) in [4.78, 5) is 20.9. The molecule has 1 rings (SSSR count). The standard InChI is InChI=1S/C11H7FO4/c12-8-5-1-3-7(10(8)11(15)16)4-2-6-9(13)14/h1,3,5H,6H2,(H,13,14)(H,15,16). The van der Waals surface area contributed by atoms with Gasteiger partial charge in [0.1, 0.15) is 17.8 Å². The molecule has 2 N–H and O–H groups in total. The second-order valence-electron chi connectivity index (χ2n) is 2.84. The van der Waals surface area contributed by atoms with E-state index in [0.29, 0.717) is 0 Å². The van der Waals surface area contributed by atoms with Crippen molar-refractivity contribution in [1.29, 1.82) is 0 Å². The Morgan fingerprint density at radius 3 is 2.56 bits per heavy atom. The second kappa shape index (κ2) is 4.94. The lowest BCUT2D eigenvalue weighted by molar-refractivity contribution is -0.135. The third-order valence-corrected chi connectivity index (χ3v) is 1.69. The third kappa shape index (κ3) is 2.82. The predicted molar refractivity (Wildman–Crippen MR) is 52.5 cm³/mol. The molecule has 82 valence electrons. The Morgan fingerprint density at radius 1 is 1.31 bits per heavy atom. The molecular weight excluding hydrogens is 215 g/mol. The number of hydrogen-bond donors (Lipinski definition) is 2. The number of benzene rings is 1. The highest BCUT2D eigenvalue weighted by Crippen LogP contribution is 2.12. The van der Waals surface area contributed by atoms with Gasteiger partial charge in [0.05, 0.1) is 0 Å². The number of hydrogen-bond acceptors (Lipinski definition) is 2. The molecule has 0 aliphatic heterocycles. The second-order valence-corrected chi connectivity index (χ2v) is 2.84. The van der Waals surface area contributed by atoms with E-state index in [4.69, 9.17) is 10.2 Å². The van der Waals surface area contributed by atoms with Gasteiger partial charge in [-0.3, -0.25) is 4.79 Å². The summed E-state index contributed by atoms with van der Waals surface area (Å²) < 4.78 is 13.1. The van der Waals surface area contributed by atoms with E-state index in [0.717, 1.165) is 6.07 Å². The fourth-order valence-corrected chi connectivity index (χ4v) is 1.06. The minimum atomic E-state index is -1.43. The van der Waals surface area contributed by atoms with E-state index in [9.17, 15) is 14.0 Å². The number of carboxylic acid groups (broad SMARTS) is 2. The third-order valence-electron chi connectivity index (χ3n) is 1.69. The summed E-state index contributed by atoms with van der Waals surface area (Å²) in [5.74, 6) is 1.11. The molecular formula is C11H7FO4. The Kier molecular flexibility index (Phi) is 3.62. The van der Waals surface area contributed by atoms with Crippen LogP contribution in [0, 0.1) is 17.7 Å². The minimum Gasteiger partial charge on any atom is -0.481 e. The molecule has 0 heterocycles. The van der Waals surface area contributed by atoms with Crippen LogP contribution in [0.2, 0.25) is 0 Å². The summed E-state index contributed by atoms with van der Waals surface area (Å²) in [6.45, 7) is 0. The highest BCUT2D eigenvalue weighted by molar-refractivity contribution is 5.91. The Bertz CT molecular complexity index is 496. The molecule has 0 bridgehead atoms. The van der Waals surface area contributed by atoms with Gasteiger partial charge in [-0.25, -0.2) is 9.18 Å². The normalized spacial score (nSPS) is 9.06. The van der Waals surface area contributed by atoms with Crippen molar-refractivity contribution in [3.8, 4) is 11.8 Å². The first-order chi connectivity index (χ1) is 7.52. The van der Waals surface area contributed by atoms with Gasteiger partial charge in [0.2, 0.25) is 0 Å². The van der Waals surface area contributed by atoms with Crippen molar-refractivity contribution in [2.24, 2.45) is 0 Å². The molecule has 0 aromatic heterocycles. The maximum atomic E-state index is 13.1. The fourth-order valence-electron chi connectivity index (χ4n) is 1.06. The van der Waals surface area contributed by atoms with Crippen LogP contribution < -0.4 is 0 Å². The molecule has 1 aromatic carbocycles. The summed E-state index contributed by atoms with van der Waals surface area (Å²) in [6.07, 6.45) is -0.421. The number of rotatable bonds is 2. The molecule has 0 aliphatic carbocycles. The zero-order chi connectivity index (χ0) is 12.1. The van der Waals surface area contributed by atoms with Crippen LogP contribution in [-0.4, -0.2) is 22.2 Å². The largest absolute Gasteiger partial charge is 0.481 e. The van der Waals surface area contributed by atoms with Crippen LogP contribution in [0.3, 0.4) is 0 Å². The van der Waals surface area contributed by atoms with Gasteiger partial charge in [-0.15, -0.1) is 0 Å². The SMILES string of the molecule is O=C(O)CC#Cc1cccc(F)c1C(=O)O. The maximum Gasteiger partial charge on any atom is 0.339 e. The van der Waals surface area contributed by atoms with Crippen molar-refractivity contribution in [3.63, 3.8) is 0 Å². The molecule has 4 nitrogen and oxygen atoms in total. The molecule has 0 aliphatic rings. The molecule has 0 saturated heterocycles. The highest BCUT2D eigenvalue weighted by atomic mass is 19.1. The van der Waals surface area contributed by atoms with Crippen molar-refractivity contribution in [3.05, 3.63) is 35.1 Å². The minimum absolute atomic E-state index is 0.0336. The Hall–Kier alpha value is -2.35. The van der Waals surface area contributed by atoms with Gasteiger partial charge < -0.3 is 10.2 Å². The molecule has 0 amide bonds. The lowest BCUT2D eigenvalue weighted by Crippen LogP contribution is -2.03. The first-order valence-electron chi connectivity index (χ1n) is 4.25. The molecule has 0 unspecified atom stereocenters. The van der Waals surface area contributed by atoms with Gasteiger partial charge in [-0.05, 0) is 12.1 Å². The Labute approximate surface area is 90.3 Å². The lowest BCUT2D eigenvalue weighted by atomic mass is 10.1. The van der Waals surface area contributed by atoms with Crippen LogP contribution >= 0.6 is 0 Å². The summed E-state index contributed by atoms with van der Waals surface area (Å²) in [7, 11) is 0. The predicted octanol–water partition coefficient (Wildman–Crippen LogP) is 1.35. The summed E-state index contributed by atoms with van der Waals surface area (Å²) in [6, 6.07) is 3.64. The molecule has 0 spiro atoms. The van der Waals surface area contributed by atoms with Crippen molar-refractivity contribution in [2.75, 3.05) is 0 Å². The van der Waals surface area contributed by atoms with Gasteiger partial charge >= 0.3 is 11.9 Å². The van der Waals surface area contributed by atoms with Crippen molar-refractivity contribution in [2.45, 2.75) is 6.42 Å². The average molecular weight is 222 g/mol. The van der Waals surface area contributed by atoms with Gasteiger partial charge in [0.15, 0.2) is 0 Å². The number of carbonyl (C=O) groups is 2. The van der Waals surface area contributed by atoms with Crippen LogP contribution in [0.25, 0.3) is 0 Å². The van der Waals surface area contributed by atoms with Gasteiger partial charge in [-0.2, -0.15) is 0 Å². The fraction of sp³-hybridized carbons (Fsp3) is 0.0909. The highest BCUT2D eigenvalue weighted by Gasteiger charge is 2.13. The van der Waals surface area contributed by atoms with E-state index in [1.807, 2.05) is 0 Å². The molecule has 16 heavy (non-hydrogen) atoms. The smallest absolute Gasteiger partial charge is 0.339 e. The number of aliphatic carboxylic acids is 1. The number of aromatic carboxylic acids is 1. The van der Waals surface area contributed by atoms with Crippen LogP contribution in [0.15, 0.2) is 18.2 Å². The van der Waals surface area contributed by atoms with E-state index in [1.54, 1.807) is 0 Å². The van der Waals surface area contributed by atoms with E-state index in [-0.39, 0.29) is 5.56 Å². The topological polar surface area (TPSA) is 74.6 Å². The molecule has 1 aromatic rings. The number of halogens is 1. The summed E-state index contributed by atoms with van der Waals surface area (Å²) in [5, 5.41) is 17.1. The lowest BCUT2D eigenvalue weighted by Gasteiger charge is -1.99. The number of carboxylic acids is 2. The first kappa shape index (κ1) is 11.7. The van der Waals surface area contributed by atoms with Crippen molar-refractivity contribution >= 4 is 11.9 Å². The van der Waals surface area contributed by atoms with Crippen molar-refractivity contribution in [1.82, 2.24) is 0 Å². The zero-order valence-electron chi connectivity index (χ0n) is 8.03. The van der Waals surface area contributed by atoms with E-state index in [2.05, 4.69) is 11.8 Å². The zero-order valence-corrected chi connectivity index (χ0v) is 8.03. The molecule has 0 atom stereocenters. The molecule has 0 fully saturated rings. The quantitative estimate of drug-likeness (QED) is 0.740. The monoisotopic (exact) mass is 222 g/mol. The maximum absolute atomic E-state index is 13.1. The molecule has 5 heteroatoms. The average Bonchev–Trinajstić information content (AvgIpc) is 2.16. The van der Waals surface area contributed by atoms with Crippen LogP contribution in [-0.2, 0) is 4.79 Å². The van der Waals surface area contributed by atoms with Gasteiger partial charge in [0.25, 0.3) is 0 Å². The summed E-state index contributed by atoms with van der Waals surface area (Å²) >= 11 is 0. The van der Waals surface area contributed by atoms with Crippen LogP contribution in [0.4, 0.5) is 4.39 Å². The van der Waals surface area contributed by atoms with Gasteiger partial charge in [-0.1, -0.05) is 17.9 Å². The molecule has 0 saturated carbocycles. The first-order valence-corrected chi connectivity index (χ1v) is 4.25.